The standard InChI is InChI=1S/C15H22N2O3S2/c1-11-14(21-10-16-11)15(18)17(12-5-3-2-4-6-12)13-7-8-22(19,20)9-13/h10,12-13H,2-9H2,1H3/t13-/m1/s1. The molecular formula is C15H22N2O3S2. The maximum atomic E-state index is 13.0. The minimum atomic E-state index is -3.00. The van der Waals surface area contributed by atoms with Crippen molar-refractivity contribution in [3.63, 3.8) is 0 Å². The number of nitrogens with zero attached hydrogens (tertiary/aromatic N) is 2. The molecule has 1 amide bonds. The third-order valence-corrected chi connectivity index (χ3v) is 7.41. The number of hydrogen-bond acceptors (Lipinski definition) is 5. The van der Waals surface area contributed by atoms with Crippen LogP contribution in [0.4, 0.5) is 0 Å². The quantitative estimate of drug-likeness (QED) is 0.846. The van der Waals surface area contributed by atoms with Gasteiger partial charge in [0.05, 0.1) is 22.7 Å². The van der Waals surface area contributed by atoms with Crippen molar-refractivity contribution in [1.82, 2.24) is 9.88 Å². The molecule has 1 aromatic rings. The SMILES string of the molecule is Cc1ncsc1C(=O)N(C1CCCCC1)[C@@H]1CCS(=O)(=O)C1. The van der Waals surface area contributed by atoms with Crippen LogP contribution in [0.25, 0.3) is 0 Å². The fourth-order valence-electron chi connectivity index (χ4n) is 3.61. The first-order chi connectivity index (χ1) is 10.5. The van der Waals surface area contributed by atoms with Crippen LogP contribution in [-0.2, 0) is 9.84 Å². The van der Waals surface area contributed by atoms with Crippen LogP contribution in [0.5, 0.6) is 0 Å². The molecule has 0 N–H and O–H groups in total. The Morgan fingerprint density at radius 2 is 1.95 bits per heavy atom. The van der Waals surface area contributed by atoms with E-state index in [2.05, 4.69) is 4.98 Å². The average molecular weight is 342 g/mol. The van der Waals surface area contributed by atoms with Gasteiger partial charge in [-0.15, -0.1) is 11.3 Å². The Labute approximate surface area is 135 Å². The Kier molecular flexibility index (Phi) is 4.54. The summed E-state index contributed by atoms with van der Waals surface area (Å²) in [5, 5.41) is 0. The molecule has 2 fully saturated rings. The highest BCUT2D eigenvalue weighted by molar-refractivity contribution is 7.91. The lowest BCUT2D eigenvalue weighted by atomic mass is 9.92. The Hall–Kier alpha value is -0.950. The molecule has 0 radical (unpaired) electrons. The molecule has 0 bridgehead atoms. The Balaban J connectivity index is 1.89. The Morgan fingerprint density at radius 3 is 2.50 bits per heavy atom. The lowest BCUT2D eigenvalue weighted by Crippen LogP contribution is -2.48. The van der Waals surface area contributed by atoms with Crippen LogP contribution in [0, 0.1) is 6.92 Å². The van der Waals surface area contributed by atoms with Crippen molar-refractivity contribution >= 4 is 27.1 Å². The number of thiazole rings is 1. The van der Waals surface area contributed by atoms with E-state index in [1.54, 1.807) is 5.51 Å². The Bertz CT molecular complexity index is 647. The largest absolute Gasteiger partial charge is 0.331 e. The van der Waals surface area contributed by atoms with Gasteiger partial charge in [0.15, 0.2) is 9.84 Å². The molecule has 1 atom stereocenters. The van der Waals surface area contributed by atoms with Crippen LogP contribution < -0.4 is 0 Å². The van der Waals surface area contributed by atoms with Gasteiger partial charge in [0.1, 0.15) is 4.88 Å². The summed E-state index contributed by atoms with van der Waals surface area (Å²) < 4.78 is 23.7. The van der Waals surface area contributed by atoms with Gasteiger partial charge >= 0.3 is 0 Å². The molecule has 0 unspecified atom stereocenters. The van der Waals surface area contributed by atoms with Crippen molar-refractivity contribution in [2.75, 3.05) is 11.5 Å². The first-order valence-electron chi connectivity index (χ1n) is 7.91. The van der Waals surface area contributed by atoms with Crippen molar-refractivity contribution < 1.29 is 13.2 Å². The molecule has 1 saturated carbocycles. The third kappa shape index (κ3) is 3.20. The predicted octanol–water partition coefficient (Wildman–Crippen LogP) is 2.41. The van der Waals surface area contributed by atoms with Crippen molar-refractivity contribution in [3.05, 3.63) is 16.1 Å². The number of rotatable bonds is 3. The molecule has 7 heteroatoms. The number of carbonyl (C=O) groups is 1. The maximum absolute atomic E-state index is 13.0. The highest BCUT2D eigenvalue weighted by atomic mass is 32.2. The Morgan fingerprint density at radius 1 is 1.23 bits per heavy atom. The van der Waals surface area contributed by atoms with E-state index in [0.717, 1.165) is 31.4 Å². The molecule has 1 aromatic heterocycles. The first kappa shape index (κ1) is 15.9. The molecule has 1 saturated heterocycles. The lowest BCUT2D eigenvalue weighted by Gasteiger charge is -2.38. The molecule has 3 rings (SSSR count). The number of amides is 1. The van der Waals surface area contributed by atoms with E-state index in [4.69, 9.17) is 0 Å². The van der Waals surface area contributed by atoms with Gasteiger partial charge in [0.25, 0.3) is 5.91 Å². The van der Waals surface area contributed by atoms with Crippen LogP contribution in [0.3, 0.4) is 0 Å². The molecule has 2 heterocycles. The van der Waals surface area contributed by atoms with Gasteiger partial charge in [-0.3, -0.25) is 4.79 Å². The summed E-state index contributed by atoms with van der Waals surface area (Å²) in [6.07, 6.45) is 6.00. The van der Waals surface area contributed by atoms with Crippen LogP contribution in [0.2, 0.25) is 0 Å². The zero-order chi connectivity index (χ0) is 15.7. The summed E-state index contributed by atoms with van der Waals surface area (Å²) in [7, 11) is -3.00. The minimum Gasteiger partial charge on any atom is -0.331 e. The summed E-state index contributed by atoms with van der Waals surface area (Å²) in [6, 6.07) is 0.0168. The number of aromatic nitrogens is 1. The molecule has 5 nitrogen and oxygen atoms in total. The van der Waals surface area contributed by atoms with E-state index in [-0.39, 0.29) is 29.5 Å². The predicted molar refractivity (Wildman–Crippen MR) is 87.0 cm³/mol. The summed E-state index contributed by atoms with van der Waals surface area (Å²) in [6.45, 7) is 1.84. The van der Waals surface area contributed by atoms with Crippen LogP contribution in [-0.4, -0.2) is 47.8 Å². The topological polar surface area (TPSA) is 67.3 Å². The third-order valence-electron chi connectivity index (χ3n) is 4.74. The zero-order valence-corrected chi connectivity index (χ0v) is 14.5. The van der Waals surface area contributed by atoms with E-state index in [9.17, 15) is 13.2 Å². The van der Waals surface area contributed by atoms with Crippen molar-refractivity contribution in [2.24, 2.45) is 0 Å². The molecule has 22 heavy (non-hydrogen) atoms. The summed E-state index contributed by atoms with van der Waals surface area (Å²) in [5.74, 6) is 0.303. The highest BCUT2D eigenvalue weighted by Gasteiger charge is 2.39. The normalized spacial score (nSPS) is 25.2. The number of hydrogen-bond donors (Lipinski definition) is 0. The first-order valence-corrected chi connectivity index (χ1v) is 10.6. The van der Waals surface area contributed by atoms with Gasteiger partial charge in [-0.25, -0.2) is 13.4 Å². The van der Waals surface area contributed by atoms with Crippen molar-refractivity contribution in [3.8, 4) is 0 Å². The molecule has 2 aliphatic rings. The van der Waals surface area contributed by atoms with Gasteiger partial charge in [-0.1, -0.05) is 19.3 Å². The van der Waals surface area contributed by atoms with Gasteiger partial charge in [0.2, 0.25) is 0 Å². The molecule has 0 spiro atoms. The molecule has 0 aromatic carbocycles. The minimum absolute atomic E-state index is 0.0194. The second kappa shape index (κ2) is 6.28. The molecule has 1 aliphatic heterocycles. The van der Waals surface area contributed by atoms with Gasteiger partial charge in [-0.2, -0.15) is 0 Å². The van der Waals surface area contributed by atoms with Gasteiger partial charge in [-0.05, 0) is 26.2 Å². The number of carbonyl (C=O) groups excluding carboxylic acids is 1. The molecular weight excluding hydrogens is 320 g/mol. The molecule has 1 aliphatic carbocycles. The van der Waals surface area contributed by atoms with E-state index in [0.29, 0.717) is 11.3 Å². The zero-order valence-electron chi connectivity index (χ0n) is 12.8. The highest BCUT2D eigenvalue weighted by Crippen LogP contribution is 2.30. The van der Waals surface area contributed by atoms with E-state index in [1.807, 2.05) is 11.8 Å². The van der Waals surface area contributed by atoms with Gasteiger partial charge in [0, 0.05) is 12.1 Å². The monoisotopic (exact) mass is 342 g/mol. The second-order valence-corrected chi connectivity index (χ2v) is 9.41. The molecule has 122 valence electrons. The van der Waals surface area contributed by atoms with Crippen LogP contribution in [0.1, 0.15) is 53.9 Å². The smallest absolute Gasteiger partial charge is 0.266 e. The second-order valence-electron chi connectivity index (χ2n) is 6.33. The van der Waals surface area contributed by atoms with Crippen molar-refractivity contribution in [2.45, 2.75) is 57.5 Å². The average Bonchev–Trinajstić information content (AvgIpc) is 3.06. The van der Waals surface area contributed by atoms with E-state index < -0.39 is 9.84 Å². The van der Waals surface area contributed by atoms with Crippen LogP contribution >= 0.6 is 11.3 Å². The lowest BCUT2D eigenvalue weighted by molar-refractivity contribution is 0.0546. The van der Waals surface area contributed by atoms with Crippen LogP contribution in [0.15, 0.2) is 5.51 Å². The summed E-state index contributed by atoms with van der Waals surface area (Å²) >= 11 is 1.36. The number of aryl methyl sites for hydroxylation is 1. The fraction of sp³-hybridized carbons (Fsp3) is 0.733. The summed E-state index contributed by atoms with van der Waals surface area (Å²) in [5.41, 5.74) is 2.43. The maximum Gasteiger partial charge on any atom is 0.266 e. The van der Waals surface area contributed by atoms with E-state index >= 15 is 0 Å². The van der Waals surface area contributed by atoms with Crippen molar-refractivity contribution in [1.29, 1.82) is 0 Å². The number of sulfone groups is 1. The fourth-order valence-corrected chi connectivity index (χ4v) is 6.07. The van der Waals surface area contributed by atoms with E-state index in [1.165, 1.54) is 17.8 Å². The summed E-state index contributed by atoms with van der Waals surface area (Å²) in [4.78, 5) is 19.8. The van der Waals surface area contributed by atoms with Gasteiger partial charge < -0.3 is 4.90 Å².